The fourth-order valence-electron chi connectivity index (χ4n) is 4.15. The van der Waals surface area contributed by atoms with Gasteiger partial charge in [-0.2, -0.15) is 0 Å². The van der Waals surface area contributed by atoms with E-state index in [9.17, 15) is 9.90 Å². The van der Waals surface area contributed by atoms with Crippen molar-refractivity contribution in [3.05, 3.63) is 95.1 Å². The Kier molecular flexibility index (Phi) is 8.25. The molecule has 3 aromatic carbocycles. The van der Waals surface area contributed by atoms with Crippen LogP contribution in [-0.4, -0.2) is 29.5 Å². The van der Waals surface area contributed by atoms with Crippen LogP contribution in [0.3, 0.4) is 0 Å². The molecule has 0 fully saturated rings. The quantitative estimate of drug-likeness (QED) is 0.343. The molecule has 1 aliphatic heterocycles. The van der Waals surface area contributed by atoms with Gasteiger partial charge >= 0.3 is 6.03 Å². The first kappa shape index (κ1) is 25.7. The lowest BCUT2D eigenvalue weighted by atomic mass is 10.0. The summed E-state index contributed by atoms with van der Waals surface area (Å²) in [6, 6.07) is 23.2. The number of anilines is 1. The van der Waals surface area contributed by atoms with Crippen molar-refractivity contribution in [2.75, 3.05) is 11.9 Å². The van der Waals surface area contributed by atoms with E-state index in [1.54, 1.807) is 0 Å². The van der Waals surface area contributed by atoms with Gasteiger partial charge in [0.2, 0.25) is 5.79 Å². The average molecular weight is 490 g/mol. The summed E-state index contributed by atoms with van der Waals surface area (Å²) in [5, 5.41) is 19.9. The smallest absolute Gasteiger partial charge is 0.319 e. The minimum Gasteiger partial charge on any atom is -0.463 e. The Balaban J connectivity index is 1.24. The fourth-order valence-corrected chi connectivity index (χ4v) is 4.15. The maximum absolute atomic E-state index is 12.3. The molecule has 190 valence electrons. The van der Waals surface area contributed by atoms with Gasteiger partial charge in [-0.25, -0.2) is 4.79 Å². The van der Waals surface area contributed by atoms with Gasteiger partial charge in [0.05, 0.1) is 12.7 Å². The number of hydrogen-bond acceptors (Lipinski definition) is 5. The third-order valence-electron chi connectivity index (χ3n) is 6.08. The van der Waals surface area contributed by atoms with E-state index in [1.807, 2.05) is 86.6 Å². The summed E-state index contributed by atoms with van der Waals surface area (Å²) in [6.07, 6.45) is 0.114. The molecule has 1 aliphatic rings. The van der Waals surface area contributed by atoms with Crippen molar-refractivity contribution in [2.24, 2.45) is 0 Å². The number of carbonyl (C=O) groups excluding carboxylic acids is 1. The zero-order valence-corrected chi connectivity index (χ0v) is 21.1. The number of rotatable bonds is 9. The first-order valence-electron chi connectivity index (χ1n) is 12.3. The van der Waals surface area contributed by atoms with Crippen LogP contribution in [0.1, 0.15) is 49.1 Å². The first-order chi connectivity index (χ1) is 17.3. The summed E-state index contributed by atoms with van der Waals surface area (Å²) in [7, 11) is 0. The highest BCUT2D eigenvalue weighted by atomic mass is 16.7. The van der Waals surface area contributed by atoms with E-state index in [1.165, 1.54) is 0 Å². The number of aliphatic hydroxyl groups excluding tert-OH is 1. The van der Waals surface area contributed by atoms with Crippen LogP contribution in [-0.2, 0) is 24.3 Å². The highest BCUT2D eigenvalue weighted by Crippen LogP contribution is 2.32. The molecule has 0 spiro atoms. The second-order valence-electron chi connectivity index (χ2n) is 9.68. The van der Waals surface area contributed by atoms with E-state index in [0.717, 1.165) is 40.1 Å². The molecule has 0 saturated carbocycles. The second-order valence-corrected chi connectivity index (χ2v) is 9.68. The molecule has 1 heterocycles. The molecular formula is C29H35N3O4. The lowest BCUT2D eigenvalue weighted by molar-refractivity contribution is -0.180. The molecule has 2 amide bonds. The maximum Gasteiger partial charge on any atom is 0.319 e. The molecule has 0 aliphatic carbocycles. The molecule has 4 N–H and O–H groups in total. The number of hydrogen-bond donors (Lipinski definition) is 4. The normalized spacial score (nSPS) is 15.8. The summed E-state index contributed by atoms with van der Waals surface area (Å²) in [5.41, 5.74) is 4.65. The SMILES string of the molecule is C[C@@H](Cc1cccc(NC(=O)NCc2ccccc2)c1)NC[C@@H](O)c1ccc2c(c1)COC(C)(C)O2. The summed E-state index contributed by atoms with van der Waals surface area (Å²) in [6.45, 7) is 7.20. The van der Waals surface area contributed by atoms with Crippen LogP contribution in [0.15, 0.2) is 72.8 Å². The molecule has 3 aromatic rings. The number of carbonyl (C=O) groups is 1. The van der Waals surface area contributed by atoms with Gasteiger partial charge in [-0.15, -0.1) is 0 Å². The first-order valence-corrected chi connectivity index (χ1v) is 12.3. The van der Waals surface area contributed by atoms with Gasteiger partial charge in [0.1, 0.15) is 5.75 Å². The minimum absolute atomic E-state index is 0.131. The van der Waals surface area contributed by atoms with Crippen LogP contribution < -0.4 is 20.7 Å². The molecular weight excluding hydrogens is 454 g/mol. The lowest BCUT2D eigenvalue weighted by Crippen LogP contribution is -2.35. The second kappa shape index (κ2) is 11.6. The predicted octanol–water partition coefficient (Wildman–Crippen LogP) is 4.91. The molecule has 0 unspecified atom stereocenters. The molecule has 4 rings (SSSR count). The van der Waals surface area contributed by atoms with Crippen LogP contribution in [0, 0.1) is 0 Å². The molecule has 0 bridgehead atoms. The van der Waals surface area contributed by atoms with Gasteiger partial charge < -0.3 is 30.5 Å². The lowest BCUT2D eigenvalue weighted by Gasteiger charge is -2.33. The molecule has 0 saturated heterocycles. The van der Waals surface area contributed by atoms with Gasteiger partial charge in [0.25, 0.3) is 0 Å². The highest BCUT2D eigenvalue weighted by molar-refractivity contribution is 5.89. The molecule has 7 heteroatoms. The Labute approximate surface area is 212 Å². The fraction of sp³-hybridized carbons (Fsp3) is 0.345. The monoisotopic (exact) mass is 489 g/mol. The van der Waals surface area contributed by atoms with Crippen LogP contribution in [0.4, 0.5) is 10.5 Å². The van der Waals surface area contributed by atoms with Crippen LogP contribution >= 0.6 is 0 Å². The van der Waals surface area contributed by atoms with Gasteiger partial charge in [-0.1, -0.05) is 48.5 Å². The highest BCUT2D eigenvalue weighted by Gasteiger charge is 2.27. The predicted molar refractivity (Wildman–Crippen MR) is 141 cm³/mol. The molecule has 0 aromatic heterocycles. The van der Waals surface area contributed by atoms with Crippen LogP contribution in [0.5, 0.6) is 5.75 Å². The van der Waals surface area contributed by atoms with Crippen molar-refractivity contribution in [1.29, 1.82) is 0 Å². The Bertz CT molecular complexity index is 1170. The van der Waals surface area contributed by atoms with Gasteiger partial charge in [0.15, 0.2) is 0 Å². The molecule has 0 radical (unpaired) electrons. The average Bonchev–Trinajstić information content (AvgIpc) is 2.86. The Morgan fingerprint density at radius 3 is 2.61 bits per heavy atom. The van der Waals surface area contributed by atoms with E-state index in [-0.39, 0.29) is 12.1 Å². The number of amides is 2. The van der Waals surface area contributed by atoms with Crippen LogP contribution in [0.2, 0.25) is 0 Å². The topological polar surface area (TPSA) is 91.9 Å². The van der Waals surface area contributed by atoms with Crippen molar-refractivity contribution in [1.82, 2.24) is 10.6 Å². The Morgan fingerprint density at radius 1 is 1.03 bits per heavy atom. The van der Waals surface area contributed by atoms with Gasteiger partial charge in [-0.05, 0) is 54.3 Å². The third kappa shape index (κ3) is 7.31. The number of urea groups is 1. The summed E-state index contributed by atoms with van der Waals surface area (Å²) in [4.78, 5) is 12.3. The maximum atomic E-state index is 12.3. The number of ether oxygens (including phenoxy) is 2. The summed E-state index contributed by atoms with van der Waals surface area (Å²) >= 11 is 0. The van der Waals surface area contributed by atoms with Gasteiger partial charge in [-0.3, -0.25) is 0 Å². The Morgan fingerprint density at radius 2 is 1.81 bits per heavy atom. The van der Waals surface area contributed by atoms with E-state index >= 15 is 0 Å². The van der Waals surface area contributed by atoms with Crippen LogP contribution in [0.25, 0.3) is 0 Å². The standard InChI is InChI=1S/C29H35N3O4/c1-20(30-18-26(33)23-12-13-27-24(16-23)19-35-29(2,3)36-27)14-22-10-7-11-25(15-22)32-28(34)31-17-21-8-5-4-6-9-21/h4-13,15-16,20,26,30,33H,14,17-19H2,1-3H3,(H2,31,32,34)/t20-,26+/m0/s1. The van der Waals surface area contributed by atoms with Crippen molar-refractivity contribution in [2.45, 2.75) is 58.3 Å². The molecule has 2 atom stereocenters. The van der Waals surface area contributed by atoms with Crippen molar-refractivity contribution in [3.8, 4) is 5.75 Å². The van der Waals surface area contributed by atoms with E-state index in [2.05, 4.69) is 22.9 Å². The summed E-state index contributed by atoms with van der Waals surface area (Å²) in [5.74, 6) is 0.161. The van der Waals surface area contributed by atoms with E-state index in [0.29, 0.717) is 19.7 Å². The number of benzene rings is 3. The number of aliphatic hydroxyl groups is 1. The van der Waals surface area contributed by atoms with Crippen molar-refractivity contribution >= 4 is 11.7 Å². The van der Waals surface area contributed by atoms with Crippen molar-refractivity contribution in [3.63, 3.8) is 0 Å². The summed E-state index contributed by atoms with van der Waals surface area (Å²) < 4.78 is 11.5. The molecule has 7 nitrogen and oxygen atoms in total. The number of fused-ring (bicyclic) bond motifs is 1. The van der Waals surface area contributed by atoms with E-state index in [4.69, 9.17) is 9.47 Å². The van der Waals surface area contributed by atoms with Crippen molar-refractivity contribution < 1.29 is 19.4 Å². The zero-order chi connectivity index (χ0) is 25.5. The zero-order valence-electron chi connectivity index (χ0n) is 21.1. The third-order valence-corrected chi connectivity index (χ3v) is 6.08. The molecule has 36 heavy (non-hydrogen) atoms. The van der Waals surface area contributed by atoms with E-state index < -0.39 is 11.9 Å². The Hall–Kier alpha value is -3.39. The number of nitrogens with one attached hydrogen (secondary N) is 3. The van der Waals surface area contributed by atoms with Gasteiger partial charge in [0, 0.05) is 44.2 Å². The largest absolute Gasteiger partial charge is 0.463 e. The minimum atomic E-state index is -0.644.